The zero-order valence-corrected chi connectivity index (χ0v) is 10.8. The van der Waals surface area contributed by atoms with Crippen LogP contribution in [0, 0.1) is 11.8 Å². The maximum Gasteiger partial charge on any atom is 0.305 e. The molecule has 1 saturated heterocycles. The molecule has 3 atom stereocenters. The number of carboxylic acids is 1. The van der Waals surface area contributed by atoms with Crippen LogP contribution in [0.25, 0.3) is 0 Å². The first kappa shape index (κ1) is 12.8. The van der Waals surface area contributed by atoms with Crippen molar-refractivity contribution in [2.45, 2.75) is 51.1 Å². The summed E-state index contributed by atoms with van der Waals surface area (Å²) in [6.45, 7) is 6.21. The van der Waals surface area contributed by atoms with Gasteiger partial charge in [0.2, 0.25) is 0 Å². The van der Waals surface area contributed by atoms with E-state index in [1.54, 1.807) is 0 Å². The van der Waals surface area contributed by atoms with Crippen molar-refractivity contribution < 1.29 is 9.90 Å². The fourth-order valence-electron chi connectivity index (χ4n) is 3.11. The molecule has 2 fully saturated rings. The molecule has 0 radical (unpaired) electrons. The van der Waals surface area contributed by atoms with Crippen molar-refractivity contribution in [3.63, 3.8) is 0 Å². The number of rotatable bonds is 4. The normalized spacial score (nSPS) is 36.2. The lowest BCUT2D eigenvalue weighted by Crippen LogP contribution is -2.70. The lowest BCUT2D eigenvalue weighted by Gasteiger charge is -2.47. The Labute approximate surface area is 103 Å². The molecule has 0 amide bonds. The molecule has 0 aromatic carbocycles. The second-order valence-electron chi connectivity index (χ2n) is 6.06. The van der Waals surface area contributed by atoms with Crippen molar-refractivity contribution in [2.24, 2.45) is 11.8 Å². The smallest absolute Gasteiger partial charge is 0.305 e. The van der Waals surface area contributed by atoms with E-state index in [-0.39, 0.29) is 12.0 Å². The molecule has 4 nitrogen and oxygen atoms in total. The lowest BCUT2D eigenvalue weighted by molar-refractivity contribution is -0.139. The zero-order valence-electron chi connectivity index (χ0n) is 10.8. The number of carbonyl (C=O) groups is 1. The molecule has 4 heteroatoms. The minimum Gasteiger partial charge on any atom is -0.481 e. The van der Waals surface area contributed by atoms with Gasteiger partial charge in [0, 0.05) is 19.1 Å². The molecule has 0 bridgehead atoms. The van der Waals surface area contributed by atoms with Crippen LogP contribution in [0.4, 0.5) is 0 Å². The summed E-state index contributed by atoms with van der Waals surface area (Å²) in [4.78, 5) is 10.9. The first-order valence-electron chi connectivity index (χ1n) is 6.71. The van der Waals surface area contributed by atoms with Crippen LogP contribution < -0.4 is 10.6 Å². The Bertz CT molecular complexity index is 289. The monoisotopic (exact) mass is 240 g/mol. The van der Waals surface area contributed by atoms with Gasteiger partial charge in [0.05, 0.1) is 12.0 Å². The van der Waals surface area contributed by atoms with Gasteiger partial charge in [-0.25, -0.2) is 0 Å². The van der Waals surface area contributed by atoms with E-state index < -0.39 is 5.97 Å². The highest BCUT2D eigenvalue weighted by Gasteiger charge is 2.41. The summed E-state index contributed by atoms with van der Waals surface area (Å²) < 4.78 is 0. The van der Waals surface area contributed by atoms with Crippen LogP contribution in [-0.4, -0.2) is 35.7 Å². The van der Waals surface area contributed by atoms with E-state index in [0.29, 0.717) is 6.04 Å². The minimum atomic E-state index is -0.698. The molecule has 0 spiro atoms. The molecule has 1 aliphatic carbocycles. The Morgan fingerprint density at radius 1 is 1.35 bits per heavy atom. The summed E-state index contributed by atoms with van der Waals surface area (Å²) in [5.74, 6) is 0.857. The molecule has 2 rings (SSSR count). The van der Waals surface area contributed by atoms with Gasteiger partial charge >= 0.3 is 5.97 Å². The number of nitrogens with one attached hydrogen (secondary N) is 2. The van der Waals surface area contributed by atoms with Gasteiger partial charge in [0.1, 0.15) is 0 Å². The van der Waals surface area contributed by atoms with Crippen molar-refractivity contribution in [1.82, 2.24) is 10.6 Å². The van der Waals surface area contributed by atoms with Gasteiger partial charge in [-0.3, -0.25) is 4.79 Å². The van der Waals surface area contributed by atoms with Gasteiger partial charge in [0.15, 0.2) is 0 Å². The van der Waals surface area contributed by atoms with Crippen molar-refractivity contribution in [2.75, 3.05) is 13.1 Å². The Morgan fingerprint density at radius 3 is 2.53 bits per heavy atom. The largest absolute Gasteiger partial charge is 0.481 e. The first-order valence-corrected chi connectivity index (χ1v) is 6.71. The van der Waals surface area contributed by atoms with Crippen molar-refractivity contribution >= 4 is 5.97 Å². The van der Waals surface area contributed by atoms with Gasteiger partial charge in [0.25, 0.3) is 0 Å². The molecule has 2 aliphatic rings. The Kier molecular flexibility index (Phi) is 3.73. The highest BCUT2D eigenvalue weighted by molar-refractivity contribution is 5.68. The van der Waals surface area contributed by atoms with Crippen LogP contribution >= 0.6 is 0 Å². The van der Waals surface area contributed by atoms with E-state index >= 15 is 0 Å². The second kappa shape index (κ2) is 4.94. The fourth-order valence-corrected chi connectivity index (χ4v) is 3.11. The van der Waals surface area contributed by atoms with Gasteiger partial charge < -0.3 is 15.7 Å². The first-order chi connectivity index (χ1) is 8.01. The Morgan fingerprint density at radius 2 is 2.06 bits per heavy atom. The van der Waals surface area contributed by atoms with Crippen LogP contribution in [0.3, 0.4) is 0 Å². The van der Waals surface area contributed by atoms with E-state index in [1.165, 1.54) is 19.3 Å². The molecule has 98 valence electrons. The molecule has 1 saturated carbocycles. The molecule has 3 unspecified atom stereocenters. The average molecular weight is 240 g/mol. The van der Waals surface area contributed by atoms with Crippen LogP contribution in [-0.2, 0) is 4.79 Å². The highest BCUT2D eigenvalue weighted by Crippen LogP contribution is 2.31. The van der Waals surface area contributed by atoms with E-state index in [9.17, 15) is 4.79 Å². The fraction of sp³-hybridized carbons (Fsp3) is 0.923. The SMILES string of the molecule is CC1CCC(NC2(CC(=O)O)CNC2)CC1C. The van der Waals surface area contributed by atoms with Crippen molar-refractivity contribution in [3.8, 4) is 0 Å². The number of hydrogen-bond acceptors (Lipinski definition) is 3. The summed E-state index contributed by atoms with van der Waals surface area (Å²) in [6.07, 6.45) is 3.87. The molecular weight excluding hydrogens is 216 g/mol. The molecule has 3 N–H and O–H groups in total. The van der Waals surface area contributed by atoms with Crippen molar-refractivity contribution in [3.05, 3.63) is 0 Å². The number of hydrogen-bond donors (Lipinski definition) is 3. The summed E-state index contributed by atoms with van der Waals surface area (Å²) in [5.41, 5.74) is -0.184. The number of aliphatic carboxylic acids is 1. The highest BCUT2D eigenvalue weighted by atomic mass is 16.4. The van der Waals surface area contributed by atoms with Crippen LogP contribution in [0.2, 0.25) is 0 Å². The average Bonchev–Trinajstić information content (AvgIpc) is 2.19. The third kappa shape index (κ3) is 2.99. The number of carboxylic acid groups (broad SMARTS) is 1. The third-order valence-corrected chi connectivity index (χ3v) is 4.52. The van der Waals surface area contributed by atoms with E-state index in [0.717, 1.165) is 24.9 Å². The molecular formula is C13H24N2O2. The van der Waals surface area contributed by atoms with Gasteiger partial charge in [-0.15, -0.1) is 0 Å². The van der Waals surface area contributed by atoms with Crippen LogP contribution in [0.5, 0.6) is 0 Å². The topological polar surface area (TPSA) is 61.4 Å². The maximum absolute atomic E-state index is 10.9. The molecule has 1 heterocycles. The standard InChI is InChI=1S/C13H24N2O2/c1-9-3-4-11(5-10(9)2)15-13(6-12(16)17)7-14-8-13/h9-11,14-15H,3-8H2,1-2H3,(H,16,17). The Hall–Kier alpha value is -0.610. The minimum absolute atomic E-state index is 0.184. The van der Waals surface area contributed by atoms with E-state index in [2.05, 4.69) is 24.5 Å². The molecule has 0 aromatic rings. The Balaban J connectivity index is 1.89. The molecule has 1 aliphatic heterocycles. The maximum atomic E-state index is 10.9. The van der Waals surface area contributed by atoms with Crippen LogP contribution in [0.15, 0.2) is 0 Å². The van der Waals surface area contributed by atoms with Gasteiger partial charge in [-0.2, -0.15) is 0 Å². The molecule has 17 heavy (non-hydrogen) atoms. The van der Waals surface area contributed by atoms with Gasteiger partial charge in [-0.1, -0.05) is 13.8 Å². The summed E-state index contributed by atoms with van der Waals surface area (Å²) in [5, 5.41) is 15.8. The zero-order chi connectivity index (χ0) is 12.5. The third-order valence-electron chi connectivity index (χ3n) is 4.52. The quantitative estimate of drug-likeness (QED) is 0.691. The van der Waals surface area contributed by atoms with Crippen LogP contribution in [0.1, 0.15) is 39.5 Å². The van der Waals surface area contributed by atoms with E-state index in [4.69, 9.17) is 5.11 Å². The predicted octanol–water partition coefficient (Wildman–Crippen LogP) is 1.22. The lowest BCUT2D eigenvalue weighted by atomic mass is 9.77. The predicted molar refractivity (Wildman–Crippen MR) is 67.0 cm³/mol. The van der Waals surface area contributed by atoms with E-state index in [1.807, 2.05) is 0 Å². The molecule has 0 aromatic heterocycles. The van der Waals surface area contributed by atoms with Gasteiger partial charge in [-0.05, 0) is 31.1 Å². The summed E-state index contributed by atoms with van der Waals surface area (Å²) in [6, 6.07) is 0.502. The van der Waals surface area contributed by atoms with Crippen molar-refractivity contribution in [1.29, 1.82) is 0 Å². The summed E-state index contributed by atoms with van der Waals surface area (Å²) >= 11 is 0. The summed E-state index contributed by atoms with van der Waals surface area (Å²) in [7, 11) is 0. The second-order valence-corrected chi connectivity index (χ2v) is 6.06.